The van der Waals surface area contributed by atoms with Gasteiger partial charge in [0, 0.05) is 25.0 Å². The molecule has 1 aliphatic heterocycles. The number of aromatic nitrogens is 1. The first-order valence-corrected chi connectivity index (χ1v) is 13.4. The van der Waals surface area contributed by atoms with Crippen LogP contribution in [0.4, 0.5) is 13.2 Å². The Balaban J connectivity index is 1.74. The molecule has 1 amide bonds. The largest absolute Gasteiger partial charge is 0.380 e. The van der Waals surface area contributed by atoms with Gasteiger partial charge in [-0.1, -0.05) is 12.1 Å². The van der Waals surface area contributed by atoms with Crippen LogP contribution in [0.5, 0.6) is 0 Å². The number of likely N-dealkylation sites (tertiary alicyclic amines) is 1. The molecule has 35 heavy (non-hydrogen) atoms. The summed E-state index contributed by atoms with van der Waals surface area (Å²) >= 11 is 1.33. The zero-order chi connectivity index (χ0) is 25.8. The Hall–Kier alpha value is -2.06. The van der Waals surface area contributed by atoms with E-state index in [2.05, 4.69) is 4.98 Å². The number of rotatable bonds is 7. The lowest BCUT2D eigenvalue weighted by Gasteiger charge is -2.40. The molecular weight excluding hydrogens is 505 g/mol. The van der Waals surface area contributed by atoms with E-state index in [1.807, 2.05) is 4.72 Å². The number of hydrogen-bond acceptors (Lipinski definition) is 6. The number of nitrogens with zero attached hydrogens (tertiary/aromatic N) is 3. The van der Waals surface area contributed by atoms with Crippen LogP contribution in [0.15, 0.2) is 23.6 Å². The number of carbonyl (C=O) groups is 1. The fraction of sp³-hybridized carbons (Fsp3) is 0.545. The Morgan fingerprint density at radius 3 is 2.57 bits per heavy atom. The van der Waals surface area contributed by atoms with Crippen molar-refractivity contribution in [3.05, 3.63) is 40.0 Å². The van der Waals surface area contributed by atoms with E-state index in [-0.39, 0.29) is 30.4 Å². The molecular formula is C22H27F3N4O4S2. The van der Waals surface area contributed by atoms with Crippen LogP contribution in [-0.2, 0) is 21.4 Å². The van der Waals surface area contributed by atoms with Crippen LogP contribution in [0.2, 0.25) is 0 Å². The Morgan fingerprint density at radius 2 is 2.03 bits per heavy atom. The van der Waals surface area contributed by atoms with Crippen molar-refractivity contribution in [3.8, 4) is 11.3 Å². The van der Waals surface area contributed by atoms with E-state index in [0.717, 1.165) is 14.2 Å². The van der Waals surface area contributed by atoms with Crippen molar-refractivity contribution < 1.29 is 31.5 Å². The Kier molecular flexibility index (Phi) is 6.77. The maximum Gasteiger partial charge on any atom is 0.283 e. The SMILES string of the molecule is Cc1nc(-c2cccc(C[C@H]3[C@@H](NS(=O)(=O)N(C)C)C(F)(F)CN3C(=O)C3(O)CCC3)c2F)cs1. The number of nitrogens with one attached hydrogen (secondary N) is 1. The quantitative estimate of drug-likeness (QED) is 0.570. The first-order valence-electron chi connectivity index (χ1n) is 11.1. The van der Waals surface area contributed by atoms with Crippen LogP contribution in [0.1, 0.15) is 29.8 Å². The Labute approximate surface area is 205 Å². The molecule has 192 valence electrons. The number of benzene rings is 1. The van der Waals surface area contributed by atoms with E-state index in [1.54, 1.807) is 18.4 Å². The van der Waals surface area contributed by atoms with E-state index in [0.29, 0.717) is 12.1 Å². The summed E-state index contributed by atoms with van der Waals surface area (Å²) in [5, 5.41) is 13.0. The van der Waals surface area contributed by atoms with E-state index in [1.165, 1.54) is 37.6 Å². The number of carbonyl (C=O) groups excluding carboxylic acids is 1. The minimum Gasteiger partial charge on any atom is -0.380 e. The third kappa shape index (κ3) is 4.84. The average molecular weight is 533 g/mol. The average Bonchev–Trinajstić information content (AvgIpc) is 3.28. The second-order valence-electron chi connectivity index (χ2n) is 9.26. The molecule has 0 bridgehead atoms. The van der Waals surface area contributed by atoms with Gasteiger partial charge < -0.3 is 10.0 Å². The number of halogens is 3. The van der Waals surface area contributed by atoms with Crippen molar-refractivity contribution in [2.75, 3.05) is 20.6 Å². The van der Waals surface area contributed by atoms with Crippen molar-refractivity contribution in [2.45, 2.75) is 56.2 Å². The van der Waals surface area contributed by atoms with Gasteiger partial charge in [-0.2, -0.15) is 17.4 Å². The molecule has 0 spiro atoms. The molecule has 1 aliphatic carbocycles. The lowest BCUT2D eigenvalue weighted by molar-refractivity contribution is -0.162. The maximum atomic E-state index is 15.5. The van der Waals surface area contributed by atoms with Crippen LogP contribution >= 0.6 is 11.3 Å². The van der Waals surface area contributed by atoms with Gasteiger partial charge in [0.25, 0.3) is 22.0 Å². The molecule has 2 atom stereocenters. The molecule has 2 heterocycles. The molecule has 1 aromatic heterocycles. The fourth-order valence-corrected chi connectivity index (χ4v) is 5.90. The first-order chi connectivity index (χ1) is 16.2. The van der Waals surface area contributed by atoms with Gasteiger partial charge in [-0.05, 0) is 44.2 Å². The van der Waals surface area contributed by atoms with Crippen LogP contribution in [0.3, 0.4) is 0 Å². The van der Waals surface area contributed by atoms with Gasteiger partial charge in [-0.15, -0.1) is 11.3 Å². The summed E-state index contributed by atoms with van der Waals surface area (Å²) in [7, 11) is -1.94. The number of aryl methyl sites for hydroxylation is 1. The van der Waals surface area contributed by atoms with E-state index < -0.39 is 52.1 Å². The molecule has 4 rings (SSSR count). The standard InChI is InChI=1S/C22H27F3N4O4S2/c1-13-26-16(11-34-13)15-7-4-6-14(18(15)23)10-17-19(27-35(32,33)28(2)3)22(24,25)12-29(17)20(30)21(31)8-5-9-21/h4,6-7,11,17,19,27,31H,5,8-10,12H2,1-3H3/t17-,19+/m0/s1. The van der Waals surface area contributed by atoms with E-state index in [4.69, 9.17) is 0 Å². The van der Waals surface area contributed by atoms with Gasteiger partial charge in [0.2, 0.25) is 0 Å². The number of thiazole rings is 1. The van der Waals surface area contributed by atoms with Crippen LogP contribution in [-0.4, -0.2) is 77.9 Å². The highest BCUT2D eigenvalue weighted by molar-refractivity contribution is 7.87. The van der Waals surface area contributed by atoms with Gasteiger partial charge >= 0.3 is 0 Å². The zero-order valence-corrected chi connectivity index (χ0v) is 21.1. The number of amides is 1. The molecule has 1 aromatic carbocycles. The molecule has 2 N–H and O–H groups in total. The lowest BCUT2D eigenvalue weighted by atomic mass is 9.79. The summed E-state index contributed by atoms with van der Waals surface area (Å²) in [6.07, 6.45) is 0.432. The summed E-state index contributed by atoms with van der Waals surface area (Å²) in [5.74, 6) is -5.23. The fourth-order valence-electron chi connectivity index (χ4n) is 4.43. The van der Waals surface area contributed by atoms with E-state index in [9.17, 15) is 18.3 Å². The van der Waals surface area contributed by atoms with Crippen molar-refractivity contribution in [2.24, 2.45) is 0 Å². The van der Waals surface area contributed by atoms with E-state index >= 15 is 13.2 Å². The molecule has 8 nitrogen and oxygen atoms in total. The normalized spacial score (nSPS) is 23.5. The minimum atomic E-state index is -4.31. The summed E-state index contributed by atoms with van der Waals surface area (Å²) in [6, 6.07) is 1.03. The third-order valence-electron chi connectivity index (χ3n) is 6.62. The highest BCUT2D eigenvalue weighted by Crippen LogP contribution is 2.41. The van der Waals surface area contributed by atoms with Crippen molar-refractivity contribution in [1.29, 1.82) is 0 Å². The second-order valence-corrected chi connectivity index (χ2v) is 12.2. The van der Waals surface area contributed by atoms with Crippen LogP contribution < -0.4 is 4.72 Å². The number of hydrogen-bond donors (Lipinski definition) is 2. The second kappa shape index (κ2) is 9.11. The lowest BCUT2D eigenvalue weighted by Crippen LogP contribution is -2.58. The maximum absolute atomic E-state index is 15.5. The number of alkyl halides is 2. The van der Waals surface area contributed by atoms with Crippen LogP contribution in [0.25, 0.3) is 11.3 Å². The third-order valence-corrected chi connectivity index (χ3v) is 8.91. The van der Waals surface area contributed by atoms with Crippen LogP contribution in [0, 0.1) is 12.7 Å². The van der Waals surface area contributed by atoms with Crippen molar-refractivity contribution in [1.82, 2.24) is 18.9 Å². The molecule has 2 fully saturated rings. The van der Waals surface area contributed by atoms with Crippen molar-refractivity contribution >= 4 is 27.5 Å². The molecule has 2 aliphatic rings. The summed E-state index contributed by atoms with van der Waals surface area (Å²) < 4.78 is 73.6. The molecule has 13 heteroatoms. The molecule has 2 aromatic rings. The molecule has 1 saturated heterocycles. The zero-order valence-electron chi connectivity index (χ0n) is 19.5. The monoisotopic (exact) mass is 532 g/mol. The predicted molar refractivity (Wildman–Crippen MR) is 125 cm³/mol. The summed E-state index contributed by atoms with van der Waals surface area (Å²) in [4.78, 5) is 18.2. The van der Waals surface area contributed by atoms with Gasteiger partial charge in [-0.25, -0.2) is 18.2 Å². The summed E-state index contributed by atoms with van der Waals surface area (Å²) in [5.41, 5.74) is -1.17. The Morgan fingerprint density at radius 1 is 1.34 bits per heavy atom. The highest BCUT2D eigenvalue weighted by atomic mass is 32.2. The molecule has 0 radical (unpaired) electrons. The number of aliphatic hydroxyl groups is 1. The smallest absolute Gasteiger partial charge is 0.283 e. The molecule has 1 saturated carbocycles. The summed E-state index contributed by atoms with van der Waals surface area (Å²) in [6.45, 7) is 0.679. The van der Waals surface area contributed by atoms with Gasteiger partial charge in [0.15, 0.2) is 0 Å². The van der Waals surface area contributed by atoms with Gasteiger partial charge in [-0.3, -0.25) is 4.79 Å². The predicted octanol–water partition coefficient (Wildman–Crippen LogP) is 2.33. The van der Waals surface area contributed by atoms with Gasteiger partial charge in [0.1, 0.15) is 17.5 Å². The van der Waals surface area contributed by atoms with Crippen molar-refractivity contribution in [3.63, 3.8) is 0 Å². The Bertz CT molecular complexity index is 1230. The minimum absolute atomic E-state index is 0.0308. The van der Waals surface area contributed by atoms with Gasteiger partial charge in [0.05, 0.1) is 23.3 Å². The molecule has 0 unspecified atom stereocenters. The highest BCUT2D eigenvalue weighted by Gasteiger charge is 2.60. The first kappa shape index (κ1) is 26.0. The topological polar surface area (TPSA) is 103 Å².